The Kier molecular flexibility index (Phi) is 4.33. The van der Waals surface area contributed by atoms with Gasteiger partial charge in [-0.3, -0.25) is 0 Å². The minimum atomic E-state index is -0.248. The van der Waals surface area contributed by atoms with Crippen LogP contribution in [0.1, 0.15) is 11.1 Å². The van der Waals surface area contributed by atoms with E-state index in [9.17, 15) is 5.11 Å². The summed E-state index contributed by atoms with van der Waals surface area (Å²) >= 11 is 0. The van der Waals surface area contributed by atoms with Crippen molar-refractivity contribution in [2.45, 2.75) is 13.8 Å². The first kappa shape index (κ1) is 15.8. The third kappa shape index (κ3) is 3.30. The number of azo groups is 1. The van der Waals surface area contributed by atoms with Crippen LogP contribution in [0.5, 0.6) is 11.7 Å². The fourth-order valence-corrected chi connectivity index (χ4v) is 2.43. The molecule has 0 unspecified atom stereocenters. The van der Waals surface area contributed by atoms with Crippen molar-refractivity contribution < 1.29 is 14.3 Å². The molecule has 0 saturated carbocycles. The number of hydrogen-bond acceptors (Lipinski definition) is 5. The standard InChI is InChI=1S/C19H18N2O3/c1-12-4-9-16(13(2)10-12)18-11-17(19(22)24-18)21-20-14-5-7-15(23-3)8-6-14/h4-11,22H,1-3H3. The first-order valence-electron chi connectivity index (χ1n) is 7.53. The zero-order valence-corrected chi connectivity index (χ0v) is 13.8. The van der Waals surface area contributed by atoms with E-state index >= 15 is 0 Å². The van der Waals surface area contributed by atoms with E-state index in [4.69, 9.17) is 9.15 Å². The van der Waals surface area contributed by atoms with E-state index in [0.29, 0.717) is 17.1 Å². The van der Waals surface area contributed by atoms with Gasteiger partial charge in [0.15, 0.2) is 5.69 Å². The smallest absolute Gasteiger partial charge is 0.311 e. The van der Waals surface area contributed by atoms with E-state index in [2.05, 4.69) is 16.3 Å². The van der Waals surface area contributed by atoms with Gasteiger partial charge in [0.05, 0.1) is 12.8 Å². The van der Waals surface area contributed by atoms with E-state index in [1.807, 2.05) is 26.0 Å². The summed E-state index contributed by atoms with van der Waals surface area (Å²) in [6.45, 7) is 4.03. The molecular formula is C19H18N2O3. The Bertz CT molecular complexity index is 880. The number of furan rings is 1. The molecule has 122 valence electrons. The molecule has 24 heavy (non-hydrogen) atoms. The van der Waals surface area contributed by atoms with Crippen molar-refractivity contribution in [1.82, 2.24) is 0 Å². The normalized spacial score (nSPS) is 11.1. The molecule has 3 aromatic rings. The van der Waals surface area contributed by atoms with Crippen molar-refractivity contribution in [2.75, 3.05) is 7.11 Å². The van der Waals surface area contributed by atoms with E-state index in [1.165, 1.54) is 5.56 Å². The zero-order chi connectivity index (χ0) is 17.1. The molecule has 5 heteroatoms. The first-order valence-corrected chi connectivity index (χ1v) is 7.53. The van der Waals surface area contributed by atoms with Gasteiger partial charge in [0.2, 0.25) is 0 Å². The topological polar surface area (TPSA) is 67.3 Å². The molecule has 0 atom stereocenters. The van der Waals surface area contributed by atoms with Gasteiger partial charge in [0.1, 0.15) is 11.5 Å². The summed E-state index contributed by atoms with van der Waals surface area (Å²) in [5, 5.41) is 18.1. The van der Waals surface area contributed by atoms with Gasteiger partial charge in [-0.2, -0.15) is 5.11 Å². The number of hydrogen-bond donors (Lipinski definition) is 1. The first-order chi connectivity index (χ1) is 11.6. The number of ether oxygens (including phenoxy) is 1. The van der Waals surface area contributed by atoms with E-state index in [0.717, 1.165) is 16.9 Å². The van der Waals surface area contributed by atoms with Crippen LogP contribution in [-0.4, -0.2) is 12.2 Å². The third-order valence-corrected chi connectivity index (χ3v) is 3.69. The molecular weight excluding hydrogens is 304 g/mol. The van der Waals surface area contributed by atoms with Crippen LogP contribution in [0.15, 0.2) is 63.2 Å². The molecule has 0 aliphatic rings. The van der Waals surface area contributed by atoms with Crippen molar-refractivity contribution in [3.05, 3.63) is 59.7 Å². The van der Waals surface area contributed by atoms with Gasteiger partial charge in [-0.1, -0.05) is 23.8 Å². The molecule has 0 aliphatic carbocycles. The quantitative estimate of drug-likeness (QED) is 0.627. The Morgan fingerprint density at radius 1 is 0.958 bits per heavy atom. The maximum absolute atomic E-state index is 9.96. The number of methoxy groups -OCH3 is 1. The van der Waals surface area contributed by atoms with Crippen molar-refractivity contribution in [1.29, 1.82) is 0 Å². The lowest BCUT2D eigenvalue weighted by Gasteiger charge is -2.02. The molecule has 0 spiro atoms. The van der Waals surface area contributed by atoms with Crippen LogP contribution in [0.2, 0.25) is 0 Å². The Morgan fingerprint density at radius 2 is 1.71 bits per heavy atom. The third-order valence-electron chi connectivity index (χ3n) is 3.69. The van der Waals surface area contributed by atoms with Crippen LogP contribution in [0, 0.1) is 13.8 Å². The summed E-state index contributed by atoms with van der Waals surface area (Å²) in [5.41, 5.74) is 4.11. The van der Waals surface area contributed by atoms with Crippen LogP contribution in [0.4, 0.5) is 11.4 Å². The molecule has 5 nitrogen and oxygen atoms in total. The van der Waals surface area contributed by atoms with Crippen LogP contribution in [-0.2, 0) is 0 Å². The highest BCUT2D eigenvalue weighted by molar-refractivity contribution is 5.68. The second-order valence-corrected chi connectivity index (χ2v) is 5.52. The minimum absolute atomic E-state index is 0.248. The van der Waals surface area contributed by atoms with Crippen molar-refractivity contribution in [2.24, 2.45) is 10.2 Å². The molecule has 3 rings (SSSR count). The van der Waals surface area contributed by atoms with Crippen molar-refractivity contribution >= 4 is 11.4 Å². The molecule has 0 saturated heterocycles. The highest BCUT2D eigenvalue weighted by Gasteiger charge is 2.13. The fraction of sp³-hybridized carbons (Fsp3) is 0.158. The molecule has 0 bridgehead atoms. The van der Waals surface area contributed by atoms with Gasteiger partial charge in [0.25, 0.3) is 0 Å². The van der Waals surface area contributed by atoms with Crippen LogP contribution in [0.25, 0.3) is 11.3 Å². The van der Waals surface area contributed by atoms with Crippen LogP contribution in [0.3, 0.4) is 0 Å². The highest BCUT2D eigenvalue weighted by Crippen LogP contribution is 2.38. The maximum atomic E-state index is 9.96. The molecule has 0 amide bonds. The van der Waals surface area contributed by atoms with Gasteiger partial charge in [-0.05, 0) is 43.7 Å². The summed E-state index contributed by atoms with van der Waals surface area (Å²) in [6, 6.07) is 14.9. The Morgan fingerprint density at radius 3 is 2.38 bits per heavy atom. The Balaban J connectivity index is 1.87. The number of aryl methyl sites for hydroxylation is 2. The predicted molar refractivity (Wildman–Crippen MR) is 92.5 cm³/mol. The summed E-state index contributed by atoms with van der Waals surface area (Å²) in [5.74, 6) is 1.06. The second-order valence-electron chi connectivity index (χ2n) is 5.52. The summed E-state index contributed by atoms with van der Waals surface area (Å²) in [6.07, 6.45) is 0. The van der Waals surface area contributed by atoms with Gasteiger partial charge in [-0.15, -0.1) is 5.11 Å². The molecule has 1 N–H and O–H groups in total. The molecule has 0 fully saturated rings. The number of rotatable bonds is 4. The lowest BCUT2D eigenvalue weighted by Crippen LogP contribution is -1.82. The maximum Gasteiger partial charge on any atom is 0.311 e. The Labute approximate surface area is 140 Å². The predicted octanol–water partition coefficient (Wildman–Crippen LogP) is 5.69. The molecule has 2 aromatic carbocycles. The molecule has 0 radical (unpaired) electrons. The van der Waals surface area contributed by atoms with E-state index < -0.39 is 0 Å². The average molecular weight is 322 g/mol. The number of benzene rings is 2. The molecule has 1 heterocycles. The second kappa shape index (κ2) is 6.58. The summed E-state index contributed by atoms with van der Waals surface area (Å²) in [4.78, 5) is 0. The lowest BCUT2D eigenvalue weighted by molar-refractivity contribution is 0.339. The zero-order valence-electron chi connectivity index (χ0n) is 13.8. The Hall–Kier alpha value is -3.08. The van der Waals surface area contributed by atoms with Crippen molar-refractivity contribution in [3.63, 3.8) is 0 Å². The van der Waals surface area contributed by atoms with Gasteiger partial charge in [-0.25, -0.2) is 0 Å². The van der Waals surface area contributed by atoms with E-state index in [-0.39, 0.29) is 5.95 Å². The van der Waals surface area contributed by atoms with Crippen molar-refractivity contribution in [3.8, 4) is 23.0 Å². The monoisotopic (exact) mass is 322 g/mol. The fourth-order valence-electron chi connectivity index (χ4n) is 2.43. The molecule has 0 aliphatic heterocycles. The van der Waals surface area contributed by atoms with Crippen LogP contribution < -0.4 is 4.74 Å². The van der Waals surface area contributed by atoms with Crippen LogP contribution >= 0.6 is 0 Å². The number of nitrogens with zero attached hydrogens (tertiary/aromatic N) is 2. The molecule has 1 aromatic heterocycles. The lowest BCUT2D eigenvalue weighted by atomic mass is 10.0. The largest absolute Gasteiger partial charge is 0.497 e. The summed E-state index contributed by atoms with van der Waals surface area (Å²) < 4.78 is 10.5. The van der Waals surface area contributed by atoms with Gasteiger partial charge in [0, 0.05) is 11.6 Å². The SMILES string of the molecule is COc1ccc(N=Nc2cc(-c3ccc(C)cc3C)oc2O)cc1. The summed E-state index contributed by atoms with van der Waals surface area (Å²) in [7, 11) is 1.61. The number of aromatic hydroxyl groups is 1. The van der Waals surface area contributed by atoms with Gasteiger partial charge >= 0.3 is 5.95 Å². The highest BCUT2D eigenvalue weighted by atomic mass is 16.5. The minimum Gasteiger partial charge on any atom is -0.497 e. The van der Waals surface area contributed by atoms with E-state index in [1.54, 1.807) is 37.4 Å². The average Bonchev–Trinajstić information content (AvgIpc) is 2.94. The van der Waals surface area contributed by atoms with Gasteiger partial charge < -0.3 is 14.3 Å².